The average Bonchev–Trinajstić information content (AvgIpc) is 3.05. The Balaban J connectivity index is 1.99. The zero-order chi connectivity index (χ0) is 16.7. The number of hydrogen-bond acceptors (Lipinski definition) is 2. The number of nitrogens with zero attached hydrogens (tertiary/aromatic N) is 1. The van der Waals surface area contributed by atoms with Crippen molar-refractivity contribution in [3.05, 3.63) is 65.7 Å². The standard InChI is InChI=1S/C20H19NO3/c22-18-16-11-5-4-10-15(16)17(19(23)24)20(12-6-7-13-20)21(18)14-8-2-1-3-9-14/h1-5,8-11,17H,6-7,12-13H2,(H,23,24). The number of fused-ring (bicyclic) bond motifs is 1. The molecular weight excluding hydrogens is 302 g/mol. The second-order valence-corrected chi connectivity index (χ2v) is 6.65. The fourth-order valence-electron chi connectivity index (χ4n) is 4.50. The summed E-state index contributed by atoms with van der Waals surface area (Å²) in [5.41, 5.74) is 1.28. The number of para-hydroxylation sites is 1. The second-order valence-electron chi connectivity index (χ2n) is 6.65. The highest BCUT2D eigenvalue weighted by Crippen LogP contribution is 2.51. The van der Waals surface area contributed by atoms with E-state index >= 15 is 0 Å². The van der Waals surface area contributed by atoms with Crippen molar-refractivity contribution in [2.45, 2.75) is 37.1 Å². The van der Waals surface area contributed by atoms with Crippen molar-refractivity contribution in [1.29, 1.82) is 0 Å². The molecule has 0 radical (unpaired) electrons. The van der Waals surface area contributed by atoms with E-state index in [1.54, 1.807) is 23.1 Å². The zero-order valence-corrected chi connectivity index (χ0v) is 13.3. The number of carboxylic acids is 1. The topological polar surface area (TPSA) is 57.6 Å². The van der Waals surface area contributed by atoms with Gasteiger partial charge in [-0.2, -0.15) is 0 Å². The lowest BCUT2D eigenvalue weighted by molar-refractivity contribution is -0.140. The minimum atomic E-state index is -0.849. The molecule has 0 bridgehead atoms. The highest BCUT2D eigenvalue weighted by molar-refractivity contribution is 6.11. The smallest absolute Gasteiger partial charge is 0.313 e. The third-order valence-corrected chi connectivity index (χ3v) is 5.42. The van der Waals surface area contributed by atoms with Gasteiger partial charge in [-0.05, 0) is 36.6 Å². The van der Waals surface area contributed by atoms with Crippen LogP contribution < -0.4 is 4.90 Å². The quantitative estimate of drug-likeness (QED) is 0.914. The molecule has 2 aromatic rings. The predicted molar refractivity (Wildman–Crippen MR) is 91.3 cm³/mol. The monoisotopic (exact) mass is 321 g/mol. The summed E-state index contributed by atoms with van der Waals surface area (Å²) in [7, 11) is 0. The minimum Gasteiger partial charge on any atom is -0.481 e. The first-order chi connectivity index (χ1) is 11.6. The molecule has 4 nitrogen and oxygen atoms in total. The van der Waals surface area contributed by atoms with Crippen LogP contribution in [0, 0.1) is 0 Å². The van der Waals surface area contributed by atoms with Crippen LogP contribution in [0.2, 0.25) is 0 Å². The van der Waals surface area contributed by atoms with E-state index in [2.05, 4.69) is 0 Å². The first kappa shape index (κ1) is 14.9. The number of carbonyl (C=O) groups excluding carboxylic acids is 1. The number of anilines is 1. The van der Waals surface area contributed by atoms with E-state index in [4.69, 9.17) is 0 Å². The Hall–Kier alpha value is -2.62. The summed E-state index contributed by atoms with van der Waals surface area (Å²) in [6.45, 7) is 0. The van der Waals surface area contributed by atoms with E-state index < -0.39 is 17.4 Å². The van der Waals surface area contributed by atoms with Gasteiger partial charge in [0.1, 0.15) is 5.92 Å². The number of aliphatic carboxylic acids is 1. The maximum atomic E-state index is 13.3. The normalized spacial score (nSPS) is 21.8. The number of carbonyl (C=O) groups is 2. The van der Waals surface area contributed by atoms with Crippen LogP contribution in [-0.4, -0.2) is 22.5 Å². The Labute approximate surface area is 140 Å². The Kier molecular flexibility index (Phi) is 3.41. The molecular formula is C20H19NO3. The van der Waals surface area contributed by atoms with Crippen LogP contribution in [0.1, 0.15) is 47.5 Å². The van der Waals surface area contributed by atoms with Crippen molar-refractivity contribution in [2.75, 3.05) is 4.90 Å². The van der Waals surface area contributed by atoms with Gasteiger partial charge in [0, 0.05) is 11.3 Å². The summed E-state index contributed by atoms with van der Waals surface area (Å²) in [5, 5.41) is 10.0. The molecule has 4 heteroatoms. The predicted octanol–water partition coefficient (Wildman–Crippen LogP) is 3.83. The number of hydrogen-bond donors (Lipinski definition) is 1. The Morgan fingerprint density at radius 2 is 1.62 bits per heavy atom. The van der Waals surface area contributed by atoms with Crippen molar-refractivity contribution < 1.29 is 14.7 Å². The van der Waals surface area contributed by atoms with Crippen molar-refractivity contribution >= 4 is 17.6 Å². The highest BCUT2D eigenvalue weighted by atomic mass is 16.4. The molecule has 1 aliphatic heterocycles. The molecule has 0 aromatic heterocycles. The van der Waals surface area contributed by atoms with Crippen LogP contribution in [0.4, 0.5) is 5.69 Å². The third kappa shape index (κ3) is 1.99. The van der Waals surface area contributed by atoms with Gasteiger partial charge < -0.3 is 10.0 Å². The van der Waals surface area contributed by atoms with E-state index in [9.17, 15) is 14.7 Å². The van der Waals surface area contributed by atoms with E-state index in [1.165, 1.54) is 0 Å². The Morgan fingerprint density at radius 1 is 1.00 bits per heavy atom. The number of carboxylic acid groups (broad SMARTS) is 1. The maximum Gasteiger partial charge on any atom is 0.313 e. The summed E-state index contributed by atoms with van der Waals surface area (Å²) in [6.07, 6.45) is 3.34. The van der Waals surface area contributed by atoms with E-state index in [-0.39, 0.29) is 5.91 Å². The molecule has 2 aliphatic rings. The average molecular weight is 321 g/mol. The largest absolute Gasteiger partial charge is 0.481 e. The minimum absolute atomic E-state index is 0.0869. The van der Waals surface area contributed by atoms with Crippen molar-refractivity contribution in [3.63, 3.8) is 0 Å². The fourth-order valence-corrected chi connectivity index (χ4v) is 4.50. The van der Waals surface area contributed by atoms with Crippen LogP contribution in [0.15, 0.2) is 54.6 Å². The second kappa shape index (κ2) is 5.48. The molecule has 1 N–H and O–H groups in total. The van der Waals surface area contributed by atoms with Gasteiger partial charge >= 0.3 is 5.97 Å². The first-order valence-corrected chi connectivity index (χ1v) is 8.36. The van der Waals surface area contributed by atoms with Gasteiger partial charge in [-0.25, -0.2) is 0 Å². The number of amides is 1. The van der Waals surface area contributed by atoms with Crippen LogP contribution in [0.5, 0.6) is 0 Å². The first-order valence-electron chi connectivity index (χ1n) is 8.36. The maximum absolute atomic E-state index is 13.3. The molecule has 2 aromatic carbocycles. The summed E-state index contributed by atoms with van der Waals surface area (Å²) in [5.74, 6) is -1.62. The highest BCUT2D eigenvalue weighted by Gasteiger charge is 2.56. The van der Waals surface area contributed by atoms with Gasteiger partial charge in [-0.3, -0.25) is 9.59 Å². The molecule has 1 spiro atoms. The molecule has 4 rings (SSSR count). The molecule has 0 saturated heterocycles. The lowest BCUT2D eigenvalue weighted by Gasteiger charge is -2.49. The van der Waals surface area contributed by atoms with Gasteiger partial charge in [-0.15, -0.1) is 0 Å². The Morgan fingerprint density at radius 3 is 2.29 bits per heavy atom. The summed E-state index contributed by atoms with van der Waals surface area (Å²) >= 11 is 0. The van der Waals surface area contributed by atoms with Crippen molar-refractivity contribution in [1.82, 2.24) is 0 Å². The SMILES string of the molecule is O=C(O)C1c2ccccc2C(=O)N(c2ccccc2)C12CCCC2. The number of rotatable bonds is 2. The molecule has 1 atom stereocenters. The molecule has 1 saturated carbocycles. The van der Waals surface area contributed by atoms with Crippen LogP contribution in [0.3, 0.4) is 0 Å². The molecule has 24 heavy (non-hydrogen) atoms. The molecule has 1 heterocycles. The van der Waals surface area contributed by atoms with Gasteiger partial charge in [0.05, 0.1) is 5.54 Å². The zero-order valence-electron chi connectivity index (χ0n) is 13.3. The van der Waals surface area contributed by atoms with Gasteiger partial charge in [0.2, 0.25) is 0 Å². The number of benzene rings is 2. The molecule has 1 amide bonds. The van der Waals surface area contributed by atoms with Gasteiger partial charge in [-0.1, -0.05) is 49.2 Å². The molecule has 1 aliphatic carbocycles. The Bertz CT molecular complexity index is 794. The lowest BCUT2D eigenvalue weighted by atomic mass is 9.71. The van der Waals surface area contributed by atoms with E-state index in [0.29, 0.717) is 11.1 Å². The van der Waals surface area contributed by atoms with Crippen LogP contribution in [0.25, 0.3) is 0 Å². The van der Waals surface area contributed by atoms with E-state index in [1.807, 2.05) is 36.4 Å². The van der Waals surface area contributed by atoms with E-state index in [0.717, 1.165) is 31.4 Å². The summed E-state index contributed by atoms with van der Waals surface area (Å²) < 4.78 is 0. The fraction of sp³-hybridized carbons (Fsp3) is 0.300. The molecule has 1 fully saturated rings. The summed E-state index contributed by atoms with van der Waals surface area (Å²) in [6, 6.07) is 16.6. The molecule has 122 valence electrons. The van der Waals surface area contributed by atoms with Gasteiger partial charge in [0.25, 0.3) is 5.91 Å². The summed E-state index contributed by atoms with van der Waals surface area (Å²) in [4.78, 5) is 27.3. The van der Waals surface area contributed by atoms with Crippen LogP contribution in [-0.2, 0) is 4.79 Å². The van der Waals surface area contributed by atoms with Crippen LogP contribution >= 0.6 is 0 Å². The lowest BCUT2D eigenvalue weighted by Crippen LogP contribution is -2.59. The third-order valence-electron chi connectivity index (χ3n) is 5.42. The van der Waals surface area contributed by atoms with Gasteiger partial charge in [0.15, 0.2) is 0 Å². The molecule has 1 unspecified atom stereocenters. The van der Waals surface area contributed by atoms with Crippen molar-refractivity contribution in [2.24, 2.45) is 0 Å². The van der Waals surface area contributed by atoms with Crippen molar-refractivity contribution in [3.8, 4) is 0 Å².